The summed E-state index contributed by atoms with van der Waals surface area (Å²) in [5.41, 5.74) is 0.994. The molecule has 0 aromatic carbocycles. The Morgan fingerprint density at radius 3 is 2.07 bits per heavy atom. The van der Waals surface area contributed by atoms with Gasteiger partial charge in [-0.25, -0.2) is 0 Å². The van der Waals surface area contributed by atoms with Crippen molar-refractivity contribution in [2.75, 3.05) is 19.7 Å². The van der Waals surface area contributed by atoms with Crippen LogP contribution in [0.4, 0.5) is 0 Å². The molecule has 0 atom stereocenters. The van der Waals surface area contributed by atoms with Gasteiger partial charge < -0.3 is 10.4 Å². The fourth-order valence-corrected chi connectivity index (χ4v) is 2.45. The zero-order chi connectivity index (χ0) is 10.8. The lowest BCUT2D eigenvalue weighted by atomic mass is 10.0. The highest BCUT2D eigenvalue weighted by atomic mass is 16.2. The maximum Gasteiger partial charge on any atom is 0.0431 e. The van der Waals surface area contributed by atoms with Crippen LogP contribution in [0.25, 0.3) is 0 Å². The van der Waals surface area contributed by atoms with Gasteiger partial charge in [0.25, 0.3) is 0 Å². The molecule has 0 aliphatic heterocycles. The van der Waals surface area contributed by atoms with Gasteiger partial charge in [0.05, 0.1) is 0 Å². The predicted octanol–water partition coefficient (Wildman–Crippen LogP) is 2.03. The third-order valence-electron chi connectivity index (χ3n) is 4.43. The van der Waals surface area contributed by atoms with Crippen molar-refractivity contribution in [3.63, 3.8) is 0 Å². The molecule has 14 heavy (non-hydrogen) atoms. The van der Waals surface area contributed by atoms with Gasteiger partial charge in [-0.15, -0.1) is 0 Å². The van der Waals surface area contributed by atoms with E-state index in [0.717, 1.165) is 31.8 Å². The molecule has 1 aliphatic rings. The SMILES string of the molecule is CC1(C)C(CNCCCCO)C1(C)C. The van der Waals surface area contributed by atoms with E-state index in [1.165, 1.54) is 0 Å². The van der Waals surface area contributed by atoms with Crippen molar-refractivity contribution in [3.8, 4) is 0 Å². The molecule has 0 amide bonds. The van der Waals surface area contributed by atoms with Crippen molar-refractivity contribution in [2.45, 2.75) is 40.5 Å². The Hall–Kier alpha value is -0.0800. The van der Waals surface area contributed by atoms with Gasteiger partial charge in [-0.3, -0.25) is 0 Å². The molecule has 0 unspecified atom stereocenters. The fourth-order valence-electron chi connectivity index (χ4n) is 2.45. The van der Waals surface area contributed by atoms with E-state index >= 15 is 0 Å². The zero-order valence-corrected chi connectivity index (χ0v) is 10.1. The first-order valence-corrected chi connectivity index (χ1v) is 5.76. The molecule has 84 valence electrons. The number of hydrogen-bond donors (Lipinski definition) is 2. The van der Waals surface area contributed by atoms with Gasteiger partial charge in [-0.05, 0) is 42.7 Å². The molecular formula is C12H25NO. The van der Waals surface area contributed by atoms with Crippen LogP contribution in [0, 0.1) is 16.7 Å². The Bertz CT molecular complexity index is 173. The van der Waals surface area contributed by atoms with E-state index in [-0.39, 0.29) is 0 Å². The minimum absolute atomic E-state index is 0.322. The molecule has 0 spiro atoms. The van der Waals surface area contributed by atoms with Crippen molar-refractivity contribution < 1.29 is 5.11 Å². The van der Waals surface area contributed by atoms with Crippen molar-refractivity contribution in [1.29, 1.82) is 0 Å². The summed E-state index contributed by atoms with van der Waals surface area (Å²) in [7, 11) is 0. The first kappa shape index (κ1) is 12.0. The maximum absolute atomic E-state index is 8.63. The molecule has 1 rings (SSSR count). The van der Waals surface area contributed by atoms with E-state index in [9.17, 15) is 0 Å². The van der Waals surface area contributed by atoms with Crippen LogP contribution in [0.3, 0.4) is 0 Å². The summed E-state index contributed by atoms with van der Waals surface area (Å²) in [4.78, 5) is 0. The van der Waals surface area contributed by atoms with Crippen molar-refractivity contribution in [3.05, 3.63) is 0 Å². The number of unbranched alkanes of at least 4 members (excludes halogenated alkanes) is 1. The fraction of sp³-hybridized carbons (Fsp3) is 1.00. The third-order valence-corrected chi connectivity index (χ3v) is 4.43. The van der Waals surface area contributed by atoms with Crippen LogP contribution in [-0.4, -0.2) is 24.8 Å². The van der Waals surface area contributed by atoms with E-state index in [1.54, 1.807) is 0 Å². The van der Waals surface area contributed by atoms with Gasteiger partial charge in [-0.1, -0.05) is 27.7 Å². The van der Waals surface area contributed by atoms with E-state index in [1.807, 2.05) is 0 Å². The first-order chi connectivity index (χ1) is 6.44. The summed E-state index contributed by atoms with van der Waals surface area (Å²) in [6.07, 6.45) is 2.01. The van der Waals surface area contributed by atoms with Gasteiger partial charge in [0.2, 0.25) is 0 Å². The second-order valence-electron chi connectivity index (χ2n) is 5.63. The predicted molar refractivity (Wildman–Crippen MR) is 60.2 cm³/mol. The molecule has 1 aliphatic carbocycles. The van der Waals surface area contributed by atoms with Crippen LogP contribution < -0.4 is 5.32 Å². The minimum atomic E-state index is 0.322. The van der Waals surface area contributed by atoms with Crippen LogP contribution in [0.1, 0.15) is 40.5 Å². The molecule has 0 saturated heterocycles. The summed E-state index contributed by atoms with van der Waals surface area (Å²) in [6, 6.07) is 0. The highest BCUT2D eigenvalue weighted by Gasteiger charge is 2.63. The van der Waals surface area contributed by atoms with Crippen molar-refractivity contribution in [1.82, 2.24) is 5.32 Å². The van der Waals surface area contributed by atoms with Gasteiger partial charge in [0.15, 0.2) is 0 Å². The number of rotatable bonds is 6. The van der Waals surface area contributed by atoms with Crippen LogP contribution in [0.2, 0.25) is 0 Å². The van der Waals surface area contributed by atoms with E-state index in [2.05, 4.69) is 33.0 Å². The van der Waals surface area contributed by atoms with Crippen LogP contribution in [0.5, 0.6) is 0 Å². The van der Waals surface area contributed by atoms with Gasteiger partial charge in [0.1, 0.15) is 0 Å². The van der Waals surface area contributed by atoms with Crippen LogP contribution in [-0.2, 0) is 0 Å². The molecule has 1 fully saturated rings. The average Bonchev–Trinajstić information content (AvgIpc) is 2.46. The molecule has 0 bridgehead atoms. The van der Waals surface area contributed by atoms with Gasteiger partial charge >= 0.3 is 0 Å². The molecule has 1 saturated carbocycles. The molecule has 0 radical (unpaired) electrons. The molecule has 2 nitrogen and oxygen atoms in total. The Morgan fingerprint density at radius 2 is 1.64 bits per heavy atom. The molecule has 0 aromatic heterocycles. The highest BCUT2D eigenvalue weighted by molar-refractivity contribution is 5.12. The van der Waals surface area contributed by atoms with Crippen molar-refractivity contribution in [2.24, 2.45) is 16.7 Å². The van der Waals surface area contributed by atoms with E-state index < -0.39 is 0 Å². The minimum Gasteiger partial charge on any atom is -0.396 e. The zero-order valence-electron chi connectivity index (χ0n) is 10.1. The molecule has 0 aromatic rings. The normalized spacial score (nSPS) is 23.8. The highest BCUT2D eigenvalue weighted by Crippen LogP contribution is 2.67. The maximum atomic E-state index is 8.63. The largest absolute Gasteiger partial charge is 0.396 e. The summed E-state index contributed by atoms with van der Waals surface area (Å²) in [6.45, 7) is 11.9. The number of aliphatic hydroxyl groups excluding tert-OH is 1. The van der Waals surface area contributed by atoms with Gasteiger partial charge in [-0.2, -0.15) is 0 Å². The summed E-state index contributed by atoms with van der Waals surface area (Å²) >= 11 is 0. The smallest absolute Gasteiger partial charge is 0.0431 e. The van der Waals surface area contributed by atoms with Gasteiger partial charge in [0, 0.05) is 6.61 Å². The summed E-state index contributed by atoms with van der Waals surface area (Å²) in [5, 5.41) is 12.1. The molecule has 0 heterocycles. The standard InChI is InChI=1S/C12H25NO/c1-11(2)10(12(11,3)4)9-13-7-5-6-8-14/h10,13-14H,5-9H2,1-4H3. The lowest BCUT2D eigenvalue weighted by Gasteiger charge is -2.04. The molecule has 2 N–H and O–H groups in total. The Balaban J connectivity index is 2.10. The molecular weight excluding hydrogens is 174 g/mol. The number of aliphatic hydroxyl groups is 1. The summed E-state index contributed by atoms with van der Waals surface area (Å²) < 4.78 is 0. The van der Waals surface area contributed by atoms with E-state index in [4.69, 9.17) is 5.11 Å². The second-order valence-corrected chi connectivity index (χ2v) is 5.63. The second kappa shape index (κ2) is 4.19. The Morgan fingerprint density at radius 1 is 1.07 bits per heavy atom. The summed E-state index contributed by atoms with van der Waals surface area (Å²) in [5.74, 6) is 0.809. The topological polar surface area (TPSA) is 32.3 Å². The first-order valence-electron chi connectivity index (χ1n) is 5.76. The number of hydrogen-bond acceptors (Lipinski definition) is 2. The van der Waals surface area contributed by atoms with Crippen LogP contribution >= 0.6 is 0 Å². The van der Waals surface area contributed by atoms with Crippen molar-refractivity contribution >= 4 is 0 Å². The average molecular weight is 199 g/mol. The number of nitrogens with one attached hydrogen (secondary N) is 1. The third kappa shape index (κ3) is 2.12. The monoisotopic (exact) mass is 199 g/mol. The van der Waals surface area contributed by atoms with E-state index in [0.29, 0.717) is 17.4 Å². The quantitative estimate of drug-likeness (QED) is 0.642. The van der Waals surface area contributed by atoms with Crippen LogP contribution in [0.15, 0.2) is 0 Å². The Labute approximate surface area is 88.1 Å². The lowest BCUT2D eigenvalue weighted by molar-refractivity contribution is 0.283. The molecule has 2 heteroatoms. The lowest BCUT2D eigenvalue weighted by Crippen LogP contribution is -2.20. The Kier molecular flexibility index (Phi) is 3.59.